The van der Waals surface area contributed by atoms with Crippen molar-refractivity contribution in [3.05, 3.63) is 89.7 Å². The summed E-state index contributed by atoms with van der Waals surface area (Å²) in [6.45, 7) is 0.834. The Hall–Kier alpha value is -3.53. The summed E-state index contributed by atoms with van der Waals surface area (Å²) in [7, 11) is 0. The van der Waals surface area contributed by atoms with Crippen molar-refractivity contribution in [2.24, 2.45) is 0 Å². The predicted molar refractivity (Wildman–Crippen MR) is 122 cm³/mol. The number of aromatic nitrogens is 3. The van der Waals surface area contributed by atoms with Crippen molar-refractivity contribution in [1.82, 2.24) is 20.1 Å². The minimum atomic E-state index is -4.36. The Kier molecular flexibility index (Phi) is 7.36. The number of alkyl halides is 3. The molecule has 0 aliphatic carbocycles. The number of rotatable bonds is 9. The number of amides is 1. The number of nitrogens with zero attached hydrogens (tertiary/aromatic N) is 3. The number of furan rings is 1. The van der Waals surface area contributed by atoms with Crippen LogP contribution in [0.5, 0.6) is 0 Å². The second-order valence-electron chi connectivity index (χ2n) is 7.44. The molecule has 1 N–H and O–H groups in total. The van der Waals surface area contributed by atoms with Gasteiger partial charge in [-0.2, -0.15) is 13.2 Å². The summed E-state index contributed by atoms with van der Waals surface area (Å²) in [6.07, 6.45) is -2.36. The lowest BCUT2D eigenvalue weighted by Gasteiger charge is -2.10. The lowest BCUT2D eigenvalue weighted by atomic mass is 10.1. The summed E-state index contributed by atoms with van der Waals surface area (Å²) in [6, 6.07) is 18.3. The molecule has 1 amide bonds. The molecule has 0 saturated heterocycles. The van der Waals surface area contributed by atoms with E-state index in [4.69, 9.17) is 4.42 Å². The Bertz CT molecular complexity index is 1210. The van der Waals surface area contributed by atoms with Crippen molar-refractivity contribution < 1.29 is 22.4 Å². The fourth-order valence-corrected chi connectivity index (χ4v) is 4.05. The van der Waals surface area contributed by atoms with Crippen LogP contribution >= 0.6 is 11.8 Å². The summed E-state index contributed by atoms with van der Waals surface area (Å²) in [4.78, 5) is 12.3. The molecular weight excluding hydrogens is 465 g/mol. The van der Waals surface area contributed by atoms with Crippen LogP contribution in [0.15, 0.2) is 82.6 Å². The Balaban J connectivity index is 1.34. The van der Waals surface area contributed by atoms with E-state index in [9.17, 15) is 18.0 Å². The third-order valence-electron chi connectivity index (χ3n) is 4.99. The average molecular weight is 487 g/mol. The second-order valence-corrected chi connectivity index (χ2v) is 8.38. The van der Waals surface area contributed by atoms with E-state index < -0.39 is 11.7 Å². The van der Waals surface area contributed by atoms with Crippen LogP contribution in [-0.2, 0) is 23.9 Å². The van der Waals surface area contributed by atoms with E-state index in [2.05, 4.69) is 15.5 Å². The van der Waals surface area contributed by atoms with Gasteiger partial charge in [0.15, 0.2) is 10.9 Å². The van der Waals surface area contributed by atoms with Crippen LogP contribution in [0.3, 0.4) is 0 Å². The molecule has 0 fully saturated rings. The van der Waals surface area contributed by atoms with Crippen LogP contribution in [-0.4, -0.2) is 33.0 Å². The number of carbonyl (C=O) groups excluding carboxylic acids is 1. The maximum atomic E-state index is 12.7. The third kappa shape index (κ3) is 6.07. The lowest BCUT2D eigenvalue weighted by molar-refractivity contribution is -0.137. The first-order chi connectivity index (χ1) is 16.4. The monoisotopic (exact) mass is 486 g/mol. The molecule has 10 heteroatoms. The van der Waals surface area contributed by atoms with Crippen LogP contribution in [0.1, 0.15) is 16.7 Å². The minimum absolute atomic E-state index is 0.123. The van der Waals surface area contributed by atoms with Crippen molar-refractivity contribution in [3.63, 3.8) is 0 Å². The Morgan fingerprint density at radius 1 is 0.971 bits per heavy atom. The van der Waals surface area contributed by atoms with E-state index >= 15 is 0 Å². The van der Waals surface area contributed by atoms with Gasteiger partial charge >= 0.3 is 6.18 Å². The SMILES string of the molecule is O=C(CSc1nnc(-c2ccco2)n1Cc1ccccc1)NCCc1ccc(C(F)(F)F)cc1. The molecule has 0 atom stereocenters. The number of thioether (sulfide) groups is 1. The average Bonchev–Trinajstić information content (AvgIpc) is 3.48. The number of carbonyl (C=O) groups is 1. The molecule has 2 aromatic heterocycles. The number of benzene rings is 2. The van der Waals surface area contributed by atoms with Crippen LogP contribution < -0.4 is 5.32 Å². The largest absolute Gasteiger partial charge is 0.461 e. The van der Waals surface area contributed by atoms with Crippen molar-refractivity contribution in [2.75, 3.05) is 12.3 Å². The van der Waals surface area contributed by atoms with Crippen molar-refractivity contribution in [1.29, 1.82) is 0 Å². The Labute approximate surface area is 198 Å². The molecule has 2 aromatic carbocycles. The van der Waals surface area contributed by atoms with Gasteiger partial charge in [-0.3, -0.25) is 9.36 Å². The quantitative estimate of drug-likeness (QED) is 0.335. The zero-order chi connectivity index (χ0) is 24.0. The van der Waals surface area contributed by atoms with Crippen LogP contribution in [0, 0.1) is 0 Å². The first-order valence-electron chi connectivity index (χ1n) is 10.5. The topological polar surface area (TPSA) is 73.0 Å². The van der Waals surface area contributed by atoms with Gasteiger partial charge in [-0.25, -0.2) is 0 Å². The molecule has 4 rings (SSSR count). The number of nitrogens with one attached hydrogen (secondary N) is 1. The van der Waals surface area contributed by atoms with Crippen LogP contribution in [0.25, 0.3) is 11.6 Å². The van der Waals surface area contributed by atoms with E-state index in [0.29, 0.717) is 41.8 Å². The molecule has 0 aliphatic heterocycles. The highest BCUT2D eigenvalue weighted by molar-refractivity contribution is 7.99. The molecule has 0 spiro atoms. The summed E-state index contributed by atoms with van der Waals surface area (Å²) < 4.78 is 45.4. The molecule has 2 heterocycles. The summed E-state index contributed by atoms with van der Waals surface area (Å²) in [5.74, 6) is 1.07. The molecule has 4 aromatic rings. The molecule has 0 unspecified atom stereocenters. The molecule has 0 aliphatic rings. The molecule has 6 nitrogen and oxygen atoms in total. The van der Waals surface area contributed by atoms with Gasteiger partial charge in [0.1, 0.15) is 0 Å². The summed E-state index contributed by atoms with van der Waals surface area (Å²) in [5, 5.41) is 11.9. The third-order valence-corrected chi connectivity index (χ3v) is 5.96. The molecule has 0 radical (unpaired) electrons. The maximum Gasteiger partial charge on any atom is 0.416 e. The highest BCUT2D eigenvalue weighted by atomic mass is 32.2. The zero-order valence-electron chi connectivity index (χ0n) is 18.0. The highest BCUT2D eigenvalue weighted by Gasteiger charge is 2.29. The second kappa shape index (κ2) is 10.6. The number of halogens is 3. The first kappa shape index (κ1) is 23.6. The van der Waals surface area contributed by atoms with Gasteiger partial charge in [0.2, 0.25) is 11.7 Å². The first-order valence-corrected chi connectivity index (χ1v) is 11.5. The zero-order valence-corrected chi connectivity index (χ0v) is 18.8. The van der Waals surface area contributed by atoms with Crippen molar-refractivity contribution >= 4 is 17.7 Å². The van der Waals surface area contributed by atoms with Gasteiger partial charge in [-0.1, -0.05) is 54.2 Å². The maximum absolute atomic E-state index is 12.7. The summed E-state index contributed by atoms with van der Waals surface area (Å²) in [5.41, 5.74) is 1.08. The van der Waals surface area contributed by atoms with Crippen molar-refractivity contribution in [2.45, 2.75) is 24.3 Å². The molecule has 176 valence electrons. The van der Waals surface area contributed by atoms with Gasteiger partial charge in [-0.05, 0) is 41.8 Å². The normalized spacial score (nSPS) is 11.5. The molecule has 0 bridgehead atoms. The van der Waals surface area contributed by atoms with E-state index in [1.54, 1.807) is 18.4 Å². The predicted octanol–water partition coefficient (Wildman–Crippen LogP) is 5.06. The fourth-order valence-electron chi connectivity index (χ4n) is 3.28. The highest BCUT2D eigenvalue weighted by Crippen LogP contribution is 2.29. The summed E-state index contributed by atoms with van der Waals surface area (Å²) >= 11 is 1.25. The van der Waals surface area contributed by atoms with Crippen LogP contribution in [0.2, 0.25) is 0 Å². The fraction of sp³-hybridized carbons (Fsp3) is 0.208. The Morgan fingerprint density at radius 3 is 2.41 bits per heavy atom. The molecular formula is C24H21F3N4O2S. The van der Waals surface area contributed by atoms with Gasteiger partial charge in [0, 0.05) is 6.54 Å². The number of hydrogen-bond donors (Lipinski definition) is 1. The van der Waals surface area contributed by atoms with Gasteiger partial charge < -0.3 is 9.73 Å². The molecule has 34 heavy (non-hydrogen) atoms. The van der Waals surface area contributed by atoms with Crippen molar-refractivity contribution in [3.8, 4) is 11.6 Å². The van der Waals surface area contributed by atoms with E-state index in [0.717, 1.165) is 17.7 Å². The smallest absolute Gasteiger partial charge is 0.416 e. The number of hydrogen-bond acceptors (Lipinski definition) is 5. The standard InChI is InChI=1S/C24H21F3N4O2S/c25-24(26,27)19-10-8-17(9-11-19)12-13-28-21(32)16-34-23-30-29-22(20-7-4-14-33-20)31(23)15-18-5-2-1-3-6-18/h1-11,14H,12-13,15-16H2,(H,28,32). The van der Waals surface area contributed by atoms with E-state index in [-0.39, 0.29) is 11.7 Å². The lowest BCUT2D eigenvalue weighted by Crippen LogP contribution is -2.27. The van der Waals surface area contributed by atoms with Crippen LogP contribution in [0.4, 0.5) is 13.2 Å². The van der Waals surface area contributed by atoms with Gasteiger partial charge in [0.05, 0.1) is 24.1 Å². The van der Waals surface area contributed by atoms with Gasteiger partial charge in [0.25, 0.3) is 0 Å². The van der Waals surface area contributed by atoms with E-state index in [1.807, 2.05) is 34.9 Å². The van der Waals surface area contributed by atoms with Gasteiger partial charge in [-0.15, -0.1) is 10.2 Å². The Morgan fingerprint density at radius 2 is 1.74 bits per heavy atom. The minimum Gasteiger partial charge on any atom is -0.461 e. The van der Waals surface area contributed by atoms with E-state index in [1.165, 1.54) is 23.9 Å². The molecule has 0 saturated carbocycles.